The van der Waals surface area contributed by atoms with Crippen molar-refractivity contribution in [2.45, 2.75) is 65.2 Å². The molecule has 2 N–H and O–H groups in total. The lowest BCUT2D eigenvalue weighted by Gasteiger charge is -2.08. The first kappa shape index (κ1) is 36.2. The molecule has 0 atom stereocenters. The Morgan fingerprint density at radius 1 is 0.475 bits per heavy atom. The van der Waals surface area contributed by atoms with Gasteiger partial charge in [0.1, 0.15) is 13.2 Å². The lowest BCUT2D eigenvalue weighted by molar-refractivity contribution is -0.139. The summed E-state index contributed by atoms with van der Waals surface area (Å²) in [6.45, 7) is 11.4. The smallest absolute Gasteiger partial charge is 0.460 e. The maximum absolute atomic E-state index is 11.6. The number of carbonyl (C=O) groups is 5. The van der Waals surface area contributed by atoms with Gasteiger partial charge in [0, 0.05) is 11.1 Å². The van der Waals surface area contributed by atoms with Crippen molar-refractivity contribution >= 4 is 30.3 Å². The summed E-state index contributed by atoms with van der Waals surface area (Å²) in [6, 6.07) is 0. The summed E-state index contributed by atoms with van der Waals surface area (Å²) < 4.78 is 29.7. The van der Waals surface area contributed by atoms with Gasteiger partial charge in [-0.2, -0.15) is 0 Å². The van der Waals surface area contributed by atoms with E-state index in [1.807, 2.05) is 0 Å². The van der Waals surface area contributed by atoms with E-state index in [1.54, 1.807) is 0 Å². The Morgan fingerprint density at radius 3 is 1.12 bits per heavy atom. The van der Waals surface area contributed by atoms with Crippen molar-refractivity contribution in [3.8, 4) is 0 Å². The quantitative estimate of drug-likeness (QED) is 0.0835. The summed E-state index contributed by atoms with van der Waals surface area (Å²) in [5.74, 6) is -1.02. The van der Waals surface area contributed by atoms with Crippen LogP contribution in [0, 0.1) is 0 Å². The zero-order valence-electron chi connectivity index (χ0n) is 23.7. The van der Waals surface area contributed by atoms with Crippen LogP contribution in [0.3, 0.4) is 0 Å². The van der Waals surface area contributed by atoms with Crippen molar-refractivity contribution in [2.75, 3.05) is 52.7 Å². The van der Waals surface area contributed by atoms with E-state index < -0.39 is 30.3 Å². The lowest BCUT2D eigenvalue weighted by atomic mass is 10.2. The van der Waals surface area contributed by atoms with Gasteiger partial charge in [-0.05, 0) is 65.2 Å². The highest BCUT2D eigenvalue weighted by Crippen LogP contribution is 2.04. The molecular weight excluding hydrogens is 528 g/mol. The molecule has 0 rings (SSSR count). The van der Waals surface area contributed by atoms with Crippen LogP contribution in [-0.4, -0.2) is 83.0 Å². The van der Waals surface area contributed by atoms with Crippen LogP contribution in [0.4, 0.5) is 14.4 Å². The van der Waals surface area contributed by atoms with Crippen LogP contribution in [0.2, 0.25) is 0 Å². The molecule has 0 fully saturated rings. The van der Waals surface area contributed by atoms with E-state index in [4.69, 9.17) is 28.4 Å². The summed E-state index contributed by atoms with van der Waals surface area (Å²) in [6.07, 6.45) is 4.03. The minimum atomic E-state index is -0.706. The fraction of sp³-hybridized carbons (Fsp3) is 0.667. The highest BCUT2D eigenvalue weighted by atomic mass is 16.7. The predicted molar refractivity (Wildman–Crippen MR) is 144 cm³/mol. The molecule has 0 heterocycles. The van der Waals surface area contributed by atoms with Crippen LogP contribution in [0.1, 0.15) is 65.2 Å². The molecule has 0 aliphatic heterocycles. The molecule has 13 nitrogen and oxygen atoms in total. The van der Waals surface area contributed by atoms with Crippen molar-refractivity contribution in [3.05, 3.63) is 24.3 Å². The van der Waals surface area contributed by atoms with Gasteiger partial charge in [-0.15, -0.1) is 0 Å². The summed E-state index contributed by atoms with van der Waals surface area (Å²) in [4.78, 5) is 57.0. The van der Waals surface area contributed by atoms with Gasteiger partial charge in [0.25, 0.3) is 0 Å². The number of alkyl carbamates (subject to hydrolysis) is 2. The van der Waals surface area contributed by atoms with E-state index in [1.165, 1.54) is 13.8 Å². The average Bonchev–Trinajstić information content (AvgIpc) is 2.91. The fourth-order valence-corrected chi connectivity index (χ4v) is 2.74. The van der Waals surface area contributed by atoms with Gasteiger partial charge < -0.3 is 39.1 Å². The molecule has 40 heavy (non-hydrogen) atoms. The minimum absolute atomic E-state index is 0.0427. The van der Waals surface area contributed by atoms with Crippen LogP contribution in [0.25, 0.3) is 0 Å². The Labute approximate surface area is 235 Å². The number of hydrogen-bond acceptors (Lipinski definition) is 11. The van der Waals surface area contributed by atoms with Gasteiger partial charge in [0.15, 0.2) is 0 Å². The summed E-state index contributed by atoms with van der Waals surface area (Å²) in [7, 11) is 0. The monoisotopic (exact) mass is 572 g/mol. The Hall–Kier alpha value is -3.77. The van der Waals surface area contributed by atoms with E-state index in [2.05, 4.69) is 23.8 Å². The van der Waals surface area contributed by atoms with E-state index in [0.717, 1.165) is 25.7 Å². The Balaban J connectivity index is 3.42. The minimum Gasteiger partial charge on any atom is -0.460 e. The van der Waals surface area contributed by atoms with E-state index in [0.29, 0.717) is 36.8 Å². The average molecular weight is 573 g/mol. The Kier molecular flexibility index (Phi) is 22.0. The van der Waals surface area contributed by atoms with Crippen molar-refractivity contribution in [1.29, 1.82) is 0 Å². The molecule has 0 radical (unpaired) electrons. The van der Waals surface area contributed by atoms with Gasteiger partial charge in [0.2, 0.25) is 0 Å². The number of amides is 2. The number of carbonyl (C=O) groups excluding carboxylic acids is 5. The van der Waals surface area contributed by atoms with Crippen LogP contribution < -0.4 is 10.6 Å². The molecule has 228 valence electrons. The number of nitrogens with one attached hydrogen (secondary N) is 2. The van der Waals surface area contributed by atoms with Gasteiger partial charge in [0.05, 0.1) is 39.5 Å². The maximum Gasteiger partial charge on any atom is 0.508 e. The van der Waals surface area contributed by atoms with E-state index in [9.17, 15) is 24.0 Å². The zero-order valence-corrected chi connectivity index (χ0v) is 23.7. The third kappa shape index (κ3) is 23.4. The van der Waals surface area contributed by atoms with Crippen LogP contribution >= 0.6 is 0 Å². The molecule has 2 amide bonds. The number of unbranched alkanes of at least 4 members (excludes halogenated alkanes) is 6. The Morgan fingerprint density at radius 2 is 0.800 bits per heavy atom. The number of hydrogen-bond donors (Lipinski definition) is 2. The standard InChI is InChI=1S/C27H44N2O11/c1-21(2)23(30)35-19-13-28-25(32)37-15-9-5-7-11-17-39-27(34)40-18-12-8-6-10-16-38-26(33)29-14-20-36-24(31)22(3)4/h1,3,5-20H2,2,4H3,(H,28,32)(H,29,33). The molecule has 0 spiro atoms. The second kappa shape index (κ2) is 24.3. The van der Waals surface area contributed by atoms with Crippen molar-refractivity contribution < 1.29 is 52.4 Å². The molecule has 0 unspecified atom stereocenters. The topological polar surface area (TPSA) is 165 Å². The predicted octanol–water partition coefficient (Wildman–Crippen LogP) is 3.95. The van der Waals surface area contributed by atoms with E-state index in [-0.39, 0.29) is 52.7 Å². The molecule has 0 bridgehead atoms. The second-order valence-corrected chi connectivity index (χ2v) is 8.73. The summed E-state index contributed by atoms with van der Waals surface area (Å²) in [5.41, 5.74) is 0.584. The third-order valence-corrected chi connectivity index (χ3v) is 4.89. The number of rotatable bonds is 22. The van der Waals surface area contributed by atoms with Gasteiger partial charge in [-0.25, -0.2) is 24.0 Å². The second-order valence-electron chi connectivity index (χ2n) is 8.73. The molecule has 0 aromatic rings. The van der Waals surface area contributed by atoms with Gasteiger partial charge >= 0.3 is 30.3 Å². The Bertz CT molecular complexity index is 750. The highest BCUT2D eigenvalue weighted by Gasteiger charge is 2.07. The largest absolute Gasteiger partial charge is 0.508 e. The molecule has 0 aliphatic carbocycles. The number of ether oxygens (including phenoxy) is 6. The molecule has 0 aromatic carbocycles. The zero-order chi connectivity index (χ0) is 30.0. The molecule has 0 aromatic heterocycles. The van der Waals surface area contributed by atoms with Crippen LogP contribution in [0.5, 0.6) is 0 Å². The number of esters is 2. The normalized spacial score (nSPS) is 10.1. The van der Waals surface area contributed by atoms with Crippen LogP contribution in [0.15, 0.2) is 24.3 Å². The van der Waals surface area contributed by atoms with Crippen molar-refractivity contribution in [1.82, 2.24) is 10.6 Å². The molecule has 0 aliphatic rings. The highest BCUT2D eigenvalue weighted by molar-refractivity contribution is 5.87. The van der Waals surface area contributed by atoms with Crippen LogP contribution in [-0.2, 0) is 38.0 Å². The van der Waals surface area contributed by atoms with Crippen molar-refractivity contribution in [2.24, 2.45) is 0 Å². The third-order valence-electron chi connectivity index (χ3n) is 4.89. The molecular formula is C27H44N2O11. The SMILES string of the molecule is C=C(C)C(=O)OCCNC(=O)OCCCCCCOC(=O)OCCCCCCOC(=O)NCCOC(=O)C(=C)C. The van der Waals surface area contributed by atoms with Crippen molar-refractivity contribution in [3.63, 3.8) is 0 Å². The molecule has 13 heteroatoms. The molecule has 0 saturated carbocycles. The maximum atomic E-state index is 11.6. The fourth-order valence-electron chi connectivity index (χ4n) is 2.74. The lowest BCUT2D eigenvalue weighted by Crippen LogP contribution is -2.29. The summed E-state index contributed by atoms with van der Waals surface area (Å²) in [5, 5.41) is 4.96. The van der Waals surface area contributed by atoms with Gasteiger partial charge in [-0.1, -0.05) is 13.2 Å². The first-order valence-electron chi connectivity index (χ1n) is 13.4. The summed E-state index contributed by atoms with van der Waals surface area (Å²) >= 11 is 0. The first-order valence-corrected chi connectivity index (χ1v) is 13.4. The van der Waals surface area contributed by atoms with E-state index >= 15 is 0 Å². The first-order chi connectivity index (χ1) is 19.1. The van der Waals surface area contributed by atoms with Gasteiger partial charge in [-0.3, -0.25) is 0 Å². The molecule has 0 saturated heterocycles.